The maximum absolute atomic E-state index is 12.8. The van der Waals surface area contributed by atoms with Gasteiger partial charge >= 0.3 is 5.97 Å². The fourth-order valence-electron chi connectivity index (χ4n) is 4.51. The van der Waals surface area contributed by atoms with E-state index in [2.05, 4.69) is 16.0 Å². The minimum absolute atomic E-state index is 0.0127. The third-order valence-electron chi connectivity index (χ3n) is 6.91. The Hall–Kier alpha value is -4.54. The minimum atomic E-state index is -0.863. The number of nitrogens with zero attached hydrogens (tertiary/aromatic N) is 1. The lowest BCUT2D eigenvalue weighted by Crippen LogP contribution is -2.51. The van der Waals surface area contributed by atoms with Gasteiger partial charge in [0, 0.05) is 19.0 Å². The lowest BCUT2D eigenvalue weighted by molar-refractivity contribution is -0.142. The summed E-state index contributed by atoms with van der Waals surface area (Å²) >= 11 is 0. The van der Waals surface area contributed by atoms with Crippen molar-refractivity contribution in [3.63, 3.8) is 0 Å². The minimum Gasteiger partial charge on any atom is -0.461 e. The highest BCUT2D eigenvalue weighted by atomic mass is 16.5. The predicted octanol–water partition coefficient (Wildman–Crippen LogP) is 2.72. The maximum atomic E-state index is 12.8. The second kappa shape index (κ2) is 14.4. The first-order chi connectivity index (χ1) is 19.8. The van der Waals surface area contributed by atoms with Gasteiger partial charge in [0.1, 0.15) is 12.6 Å². The molecule has 0 aromatic heterocycles. The number of imide groups is 1. The van der Waals surface area contributed by atoms with E-state index in [9.17, 15) is 28.8 Å². The van der Waals surface area contributed by atoms with Crippen molar-refractivity contribution < 1.29 is 33.5 Å². The van der Waals surface area contributed by atoms with E-state index in [4.69, 9.17) is 4.74 Å². The van der Waals surface area contributed by atoms with Gasteiger partial charge < -0.3 is 20.7 Å². The van der Waals surface area contributed by atoms with E-state index in [1.54, 1.807) is 62.4 Å². The molecule has 5 amide bonds. The Kier molecular flexibility index (Phi) is 11.0. The smallest absolute Gasteiger partial charge is 0.302 e. The Balaban J connectivity index is 1.50. The van der Waals surface area contributed by atoms with Gasteiger partial charge in [-0.25, -0.2) is 0 Å². The number of hydrogen-bond acceptors (Lipinski definition) is 7. The summed E-state index contributed by atoms with van der Waals surface area (Å²) in [5, 5.41) is 7.97. The molecule has 0 radical (unpaired) electrons. The van der Waals surface area contributed by atoms with Crippen molar-refractivity contribution in [3.05, 3.63) is 59.7 Å². The number of carbonyl (C=O) groups is 6. The Labute approximate surface area is 245 Å². The number of ether oxygens (including phenoxy) is 1. The quantitative estimate of drug-likeness (QED) is 0.259. The Bertz CT molecular complexity index is 1320. The van der Waals surface area contributed by atoms with Crippen LogP contribution in [0.3, 0.4) is 0 Å². The predicted molar refractivity (Wildman–Crippen MR) is 156 cm³/mol. The molecular formula is C31H38N4O7. The van der Waals surface area contributed by atoms with E-state index in [0.29, 0.717) is 16.9 Å². The zero-order chi connectivity index (χ0) is 31.0. The number of benzene rings is 2. The van der Waals surface area contributed by atoms with Crippen LogP contribution in [0.25, 0.3) is 0 Å². The highest BCUT2D eigenvalue weighted by molar-refractivity contribution is 6.21. The number of rotatable bonds is 12. The number of hydrogen-bond donors (Lipinski definition) is 3. The number of amides is 5. The summed E-state index contributed by atoms with van der Waals surface area (Å²) in [6.45, 7) is 8.56. The lowest BCUT2D eigenvalue weighted by Gasteiger charge is -2.22. The van der Waals surface area contributed by atoms with Crippen molar-refractivity contribution >= 4 is 46.9 Å². The highest BCUT2D eigenvalue weighted by Crippen LogP contribution is 2.30. The van der Waals surface area contributed by atoms with E-state index < -0.39 is 17.9 Å². The van der Waals surface area contributed by atoms with Crippen molar-refractivity contribution in [1.29, 1.82) is 0 Å². The molecule has 1 saturated heterocycles. The van der Waals surface area contributed by atoms with Crippen LogP contribution in [0.15, 0.2) is 48.5 Å². The summed E-state index contributed by atoms with van der Waals surface area (Å²) in [6.07, 6.45) is 0.175. The molecule has 1 fully saturated rings. The van der Waals surface area contributed by atoms with E-state index in [0.717, 1.165) is 5.56 Å². The van der Waals surface area contributed by atoms with Crippen LogP contribution in [0.2, 0.25) is 0 Å². The average Bonchev–Trinajstić information content (AvgIpc) is 3.24. The number of nitrogens with one attached hydrogen (secondary N) is 3. The first kappa shape index (κ1) is 32.0. The van der Waals surface area contributed by atoms with Crippen LogP contribution in [0.5, 0.6) is 0 Å². The first-order valence-electron chi connectivity index (χ1n) is 13.9. The normalized spacial score (nSPS) is 15.5. The van der Waals surface area contributed by atoms with E-state index in [1.165, 1.54) is 11.8 Å². The summed E-state index contributed by atoms with van der Waals surface area (Å²) in [6, 6.07) is 12.5. The van der Waals surface area contributed by atoms with Gasteiger partial charge in [0.2, 0.25) is 29.5 Å². The van der Waals surface area contributed by atoms with E-state index in [-0.39, 0.29) is 67.4 Å². The van der Waals surface area contributed by atoms with Crippen molar-refractivity contribution in [2.24, 2.45) is 17.8 Å². The van der Waals surface area contributed by atoms with Crippen molar-refractivity contribution in [2.75, 3.05) is 16.8 Å². The molecule has 2 atom stereocenters. The molecule has 11 nitrogen and oxygen atoms in total. The van der Waals surface area contributed by atoms with Crippen molar-refractivity contribution in [3.8, 4) is 0 Å². The molecule has 0 saturated carbocycles. The molecule has 224 valence electrons. The lowest BCUT2D eigenvalue weighted by atomic mass is 9.94. The van der Waals surface area contributed by atoms with Crippen LogP contribution in [0, 0.1) is 17.8 Å². The van der Waals surface area contributed by atoms with Gasteiger partial charge in [-0.1, -0.05) is 52.0 Å². The van der Waals surface area contributed by atoms with Crippen molar-refractivity contribution in [1.82, 2.24) is 10.6 Å². The van der Waals surface area contributed by atoms with Crippen LogP contribution in [-0.4, -0.2) is 48.1 Å². The van der Waals surface area contributed by atoms with E-state index in [1.807, 2.05) is 13.8 Å². The van der Waals surface area contributed by atoms with Gasteiger partial charge in [-0.2, -0.15) is 0 Å². The molecule has 42 heavy (non-hydrogen) atoms. The van der Waals surface area contributed by atoms with Gasteiger partial charge in [-0.3, -0.25) is 33.7 Å². The Morgan fingerprint density at radius 3 is 2.07 bits per heavy atom. The third kappa shape index (κ3) is 8.73. The molecule has 3 rings (SSSR count). The zero-order valence-corrected chi connectivity index (χ0v) is 24.6. The molecule has 0 aliphatic carbocycles. The average molecular weight is 579 g/mol. The Morgan fingerprint density at radius 1 is 0.905 bits per heavy atom. The third-order valence-corrected chi connectivity index (χ3v) is 6.91. The summed E-state index contributed by atoms with van der Waals surface area (Å²) < 4.78 is 4.93. The number of esters is 1. The highest BCUT2D eigenvalue weighted by Gasteiger charge is 2.40. The fraction of sp³-hybridized carbons (Fsp3) is 0.419. The molecule has 2 unspecified atom stereocenters. The van der Waals surface area contributed by atoms with Crippen LogP contribution < -0.4 is 20.9 Å². The molecule has 1 heterocycles. The van der Waals surface area contributed by atoms with E-state index >= 15 is 0 Å². The number of anilines is 2. The summed E-state index contributed by atoms with van der Waals surface area (Å²) in [7, 11) is 0. The van der Waals surface area contributed by atoms with Gasteiger partial charge in [0.05, 0.1) is 24.6 Å². The fourth-order valence-corrected chi connectivity index (χ4v) is 4.51. The molecule has 2 aromatic rings. The van der Waals surface area contributed by atoms with Gasteiger partial charge in [0.25, 0.3) is 0 Å². The van der Waals surface area contributed by atoms with Crippen LogP contribution >= 0.6 is 0 Å². The monoisotopic (exact) mass is 578 g/mol. The van der Waals surface area contributed by atoms with Crippen LogP contribution in [0.4, 0.5) is 11.4 Å². The molecule has 1 aliphatic rings. The molecular weight excluding hydrogens is 540 g/mol. The molecule has 0 bridgehead atoms. The molecule has 2 aromatic carbocycles. The van der Waals surface area contributed by atoms with Gasteiger partial charge in [-0.05, 0) is 47.2 Å². The van der Waals surface area contributed by atoms with Gasteiger partial charge in [0.15, 0.2) is 0 Å². The zero-order valence-electron chi connectivity index (χ0n) is 24.6. The molecule has 3 N–H and O–H groups in total. The molecule has 0 spiro atoms. The summed E-state index contributed by atoms with van der Waals surface area (Å²) in [5.74, 6) is -2.68. The molecule has 1 aliphatic heterocycles. The first-order valence-corrected chi connectivity index (χ1v) is 13.9. The van der Waals surface area contributed by atoms with Gasteiger partial charge in [-0.15, -0.1) is 0 Å². The summed E-state index contributed by atoms with van der Waals surface area (Å²) in [4.78, 5) is 75.2. The standard InChI is InChI=1S/C31H38N4O7/c1-18(2)25-15-28(39)35(31(25)41)24-12-8-21(9-13-24)14-26(37)34-29(19(3)4)30(40)32-16-27(38)33-23-10-6-22(7-11-23)17-42-20(5)36/h6-13,18-19,25,29H,14-17H2,1-5H3,(H,32,40)(H,33,38)(H,34,37). The second-order valence-electron chi connectivity index (χ2n) is 11.0. The van der Waals surface area contributed by atoms with Crippen LogP contribution in [-0.2, 0) is 46.5 Å². The van der Waals surface area contributed by atoms with Crippen molar-refractivity contribution in [2.45, 2.75) is 60.1 Å². The summed E-state index contributed by atoms with van der Waals surface area (Å²) in [5.41, 5.74) is 2.39. The maximum Gasteiger partial charge on any atom is 0.302 e. The second-order valence-corrected chi connectivity index (χ2v) is 11.0. The molecule has 11 heteroatoms. The topological polar surface area (TPSA) is 151 Å². The number of carbonyl (C=O) groups excluding carboxylic acids is 6. The Morgan fingerprint density at radius 2 is 1.52 bits per heavy atom. The van der Waals surface area contributed by atoms with Crippen LogP contribution in [0.1, 0.15) is 52.2 Å². The largest absolute Gasteiger partial charge is 0.461 e. The SMILES string of the molecule is CC(=O)OCc1ccc(NC(=O)CNC(=O)C(NC(=O)Cc2ccc(N3C(=O)CC(C(C)C)C3=O)cc2)C(C)C)cc1.